The molecule has 3 aromatic carbocycles. The molecule has 2 aliphatic rings. The number of nitrogens with zero attached hydrogens (tertiary/aromatic N) is 2. The van der Waals surface area contributed by atoms with Crippen molar-refractivity contribution in [2.45, 2.75) is 50.0 Å². The van der Waals surface area contributed by atoms with Crippen LogP contribution in [-0.2, 0) is 22.7 Å². The Balaban J connectivity index is 1.15. The van der Waals surface area contributed by atoms with Crippen LogP contribution in [0.3, 0.4) is 0 Å². The summed E-state index contributed by atoms with van der Waals surface area (Å²) in [4.78, 5) is 30.3. The Labute approximate surface area is 249 Å². The Morgan fingerprint density at radius 1 is 0.881 bits per heavy atom. The first-order valence-electron chi connectivity index (χ1n) is 14.8. The van der Waals surface area contributed by atoms with E-state index in [1.54, 1.807) is 12.1 Å². The van der Waals surface area contributed by atoms with Gasteiger partial charge in [-0.05, 0) is 104 Å². The minimum absolute atomic E-state index is 0.0234. The Morgan fingerprint density at radius 3 is 2.26 bits per heavy atom. The standard InChI is InChI=1S/C33H40N4O4S/c1-3-36(23-24-17-19-37(20-18-24)33(39)35-28-7-5-4-6-8-28)30-14-10-25-9-13-29(21-27(25)22-30)34-32(38)26-11-15-31(16-12-26)42(2,40)41/h4-9,11-13,15-16,21,24,30H,3,10,14,17-20,22-23H2,1-2H3,(H,34,38)(H,35,39). The molecule has 0 aromatic heterocycles. The van der Waals surface area contributed by atoms with Crippen molar-refractivity contribution >= 4 is 33.2 Å². The van der Waals surface area contributed by atoms with Gasteiger partial charge in [0.05, 0.1) is 4.90 Å². The molecule has 0 spiro atoms. The number of carbonyl (C=O) groups is 2. The molecule has 1 aliphatic carbocycles. The molecule has 222 valence electrons. The first kappa shape index (κ1) is 29.8. The molecule has 1 saturated heterocycles. The van der Waals surface area contributed by atoms with Gasteiger partial charge in [-0.25, -0.2) is 13.2 Å². The van der Waals surface area contributed by atoms with Crippen molar-refractivity contribution in [1.29, 1.82) is 0 Å². The van der Waals surface area contributed by atoms with E-state index in [4.69, 9.17) is 0 Å². The molecule has 0 saturated carbocycles. The molecule has 0 radical (unpaired) electrons. The Bertz CT molecular complexity index is 1500. The maximum absolute atomic E-state index is 12.8. The second-order valence-corrected chi connectivity index (χ2v) is 13.5. The number of aryl methyl sites for hydroxylation is 1. The zero-order chi connectivity index (χ0) is 29.7. The highest BCUT2D eigenvalue weighted by Crippen LogP contribution is 2.29. The molecule has 1 heterocycles. The van der Waals surface area contributed by atoms with Gasteiger partial charge in [0.25, 0.3) is 5.91 Å². The third kappa shape index (κ3) is 7.38. The molecule has 2 N–H and O–H groups in total. The quantitative estimate of drug-likeness (QED) is 0.364. The summed E-state index contributed by atoms with van der Waals surface area (Å²) in [5.41, 5.74) is 4.58. The molecule has 3 aromatic rings. The molecular formula is C33H40N4O4S. The molecular weight excluding hydrogens is 548 g/mol. The number of piperidine rings is 1. The van der Waals surface area contributed by atoms with Gasteiger partial charge >= 0.3 is 6.03 Å². The van der Waals surface area contributed by atoms with E-state index in [1.807, 2.05) is 41.3 Å². The third-order valence-electron chi connectivity index (χ3n) is 8.55. The number of para-hydroxylation sites is 1. The van der Waals surface area contributed by atoms with Crippen LogP contribution < -0.4 is 10.6 Å². The van der Waals surface area contributed by atoms with Crippen molar-refractivity contribution in [3.63, 3.8) is 0 Å². The Kier molecular flexibility index (Phi) is 9.28. The van der Waals surface area contributed by atoms with Gasteiger partial charge < -0.3 is 20.4 Å². The monoisotopic (exact) mass is 588 g/mol. The van der Waals surface area contributed by atoms with Crippen LogP contribution in [0.4, 0.5) is 16.2 Å². The molecule has 0 bridgehead atoms. The number of amides is 3. The van der Waals surface area contributed by atoms with Crippen LogP contribution in [0.15, 0.2) is 77.7 Å². The highest BCUT2D eigenvalue weighted by Gasteiger charge is 2.29. The molecule has 1 fully saturated rings. The van der Waals surface area contributed by atoms with E-state index >= 15 is 0 Å². The van der Waals surface area contributed by atoms with E-state index < -0.39 is 9.84 Å². The first-order valence-corrected chi connectivity index (χ1v) is 16.7. The van der Waals surface area contributed by atoms with Crippen LogP contribution in [-0.4, -0.2) is 68.6 Å². The van der Waals surface area contributed by atoms with Gasteiger partial charge in [0, 0.05) is 48.9 Å². The van der Waals surface area contributed by atoms with Crippen molar-refractivity contribution in [3.05, 3.63) is 89.5 Å². The Hall–Kier alpha value is -3.69. The summed E-state index contributed by atoms with van der Waals surface area (Å²) in [6.45, 7) is 5.78. The van der Waals surface area contributed by atoms with E-state index in [2.05, 4.69) is 34.6 Å². The number of nitrogens with one attached hydrogen (secondary N) is 2. The van der Waals surface area contributed by atoms with Crippen LogP contribution in [0, 0.1) is 5.92 Å². The van der Waals surface area contributed by atoms with Crippen molar-refractivity contribution in [2.75, 3.05) is 43.1 Å². The van der Waals surface area contributed by atoms with Crippen LogP contribution in [0.5, 0.6) is 0 Å². The van der Waals surface area contributed by atoms with Crippen LogP contribution in [0.25, 0.3) is 0 Å². The summed E-state index contributed by atoms with van der Waals surface area (Å²) in [5, 5.41) is 5.98. The second kappa shape index (κ2) is 13.1. The SMILES string of the molecule is CCN(CC1CCN(C(=O)Nc2ccccc2)CC1)C1CCc2ccc(NC(=O)c3ccc(S(C)(=O)=O)cc3)cc2C1. The first-order chi connectivity index (χ1) is 20.2. The van der Waals surface area contributed by atoms with Crippen LogP contribution in [0.2, 0.25) is 0 Å². The minimum Gasteiger partial charge on any atom is -0.325 e. The van der Waals surface area contributed by atoms with Gasteiger partial charge in [-0.2, -0.15) is 0 Å². The number of carbonyl (C=O) groups excluding carboxylic acids is 2. The molecule has 1 atom stereocenters. The predicted molar refractivity (Wildman–Crippen MR) is 167 cm³/mol. The zero-order valence-electron chi connectivity index (χ0n) is 24.4. The number of urea groups is 1. The van der Waals surface area contributed by atoms with Crippen molar-refractivity contribution in [2.24, 2.45) is 5.92 Å². The summed E-state index contributed by atoms with van der Waals surface area (Å²) < 4.78 is 23.4. The fourth-order valence-corrected chi connectivity index (χ4v) is 6.73. The average molecular weight is 589 g/mol. The van der Waals surface area contributed by atoms with Crippen molar-refractivity contribution < 1.29 is 18.0 Å². The number of anilines is 2. The smallest absolute Gasteiger partial charge is 0.321 e. The lowest BCUT2D eigenvalue weighted by Gasteiger charge is -2.39. The number of rotatable bonds is 8. The molecule has 42 heavy (non-hydrogen) atoms. The lowest BCUT2D eigenvalue weighted by atomic mass is 9.86. The van der Waals surface area contributed by atoms with E-state index in [0.29, 0.717) is 17.5 Å². The molecule has 1 unspecified atom stereocenters. The minimum atomic E-state index is -3.31. The van der Waals surface area contributed by atoms with E-state index in [-0.39, 0.29) is 16.8 Å². The van der Waals surface area contributed by atoms with Gasteiger partial charge in [0.1, 0.15) is 0 Å². The fraction of sp³-hybridized carbons (Fsp3) is 0.394. The Morgan fingerprint density at radius 2 is 1.60 bits per heavy atom. The number of likely N-dealkylation sites (tertiary alicyclic amines) is 1. The van der Waals surface area contributed by atoms with Gasteiger partial charge in [-0.15, -0.1) is 0 Å². The fourth-order valence-electron chi connectivity index (χ4n) is 6.09. The van der Waals surface area contributed by atoms with Crippen LogP contribution >= 0.6 is 0 Å². The number of fused-ring (bicyclic) bond motifs is 1. The average Bonchev–Trinajstić information content (AvgIpc) is 3.00. The summed E-state index contributed by atoms with van der Waals surface area (Å²) in [7, 11) is -3.31. The van der Waals surface area contributed by atoms with Gasteiger partial charge in [0.2, 0.25) is 0 Å². The van der Waals surface area contributed by atoms with Crippen LogP contribution in [0.1, 0.15) is 47.7 Å². The van der Waals surface area contributed by atoms with E-state index in [0.717, 1.165) is 75.9 Å². The molecule has 5 rings (SSSR count). The zero-order valence-corrected chi connectivity index (χ0v) is 25.2. The van der Waals surface area contributed by atoms with Gasteiger partial charge in [-0.1, -0.05) is 31.2 Å². The van der Waals surface area contributed by atoms with Crippen molar-refractivity contribution in [1.82, 2.24) is 9.80 Å². The third-order valence-corrected chi connectivity index (χ3v) is 9.68. The van der Waals surface area contributed by atoms with E-state index in [9.17, 15) is 18.0 Å². The highest BCUT2D eigenvalue weighted by atomic mass is 32.2. The van der Waals surface area contributed by atoms with E-state index in [1.165, 1.54) is 23.3 Å². The number of hydrogen-bond donors (Lipinski definition) is 2. The maximum atomic E-state index is 12.8. The topological polar surface area (TPSA) is 98.8 Å². The molecule has 3 amide bonds. The predicted octanol–water partition coefficient (Wildman–Crippen LogP) is 5.47. The lowest BCUT2D eigenvalue weighted by Crippen LogP contribution is -2.46. The lowest BCUT2D eigenvalue weighted by molar-refractivity contribution is 0.102. The maximum Gasteiger partial charge on any atom is 0.321 e. The summed E-state index contributed by atoms with van der Waals surface area (Å²) in [5.74, 6) is 0.299. The summed E-state index contributed by atoms with van der Waals surface area (Å²) in [6, 6.07) is 22.2. The summed E-state index contributed by atoms with van der Waals surface area (Å²) in [6.07, 6.45) is 6.22. The second-order valence-electron chi connectivity index (χ2n) is 11.4. The van der Waals surface area contributed by atoms with Crippen molar-refractivity contribution in [3.8, 4) is 0 Å². The van der Waals surface area contributed by atoms with Gasteiger partial charge in [-0.3, -0.25) is 4.79 Å². The molecule has 9 heteroatoms. The largest absolute Gasteiger partial charge is 0.325 e. The summed E-state index contributed by atoms with van der Waals surface area (Å²) >= 11 is 0. The number of benzene rings is 3. The molecule has 8 nitrogen and oxygen atoms in total. The normalized spacial score (nSPS) is 17.5. The van der Waals surface area contributed by atoms with Gasteiger partial charge in [0.15, 0.2) is 9.84 Å². The number of sulfone groups is 1. The molecule has 1 aliphatic heterocycles. The number of likely N-dealkylation sites (N-methyl/N-ethyl adjacent to an activating group) is 1. The number of hydrogen-bond acceptors (Lipinski definition) is 5. The highest BCUT2D eigenvalue weighted by molar-refractivity contribution is 7.90.